The molecular formula is C15H24N2O2. The van der Waals surface area contributed by atoms with Crippen molar-refractivity contribution in [3.8, 4) is 5.75 Å². The summed E-state index contributed by atoms with van der Waals surface area (Å²) in [4.78, 5) is 2.19. The third-order valence-electron chi connectivity index (χ3n) is 3.33. The van der Waals surface area contributed by atoms with Crippen LogP contribution in [-0.4, -0.2) is 32.9 Å². The van der Waals surface area contributed by atoms with Crippen molar-refractivity contribution in [1.82, 2.24) is 0 Å². The molecule has 19 heavy (non-hydrogen) atoms. The molecule has 2 N–H and O–H groups in total. The first-order valence-electron chi connectivity index (χ1n) is 7.05. The number of nitrogens with two attached hydrogens (primary N) is 1. The van der Waals surface area contributed by atoms with Crippen molar-refractivity contribution in [2.24, 2.45) is 0 Å². The van der Waals surface area contributed by atoms with E-state index in [-0.39, 0.29) is 0 Å². The summed E-state index contributed by atoms with van der Waals surface area (Å²) in [5.74, 6) is 0.844. The highest BCUT2D eigenvalue weighted by Crippen LogP contribution is 2.26. The van der Waals surface area contributed by atoms with Gasteiger partial charge in [0, 0.05) is 43.7 Å². The lowest BCUT2D eigenvalue weighted by molar-refractivity contribution is 0.116. The van der Waals surface area contributed by atoms with Gasteiger partial charge < -0.3 is 20.1 Å². The summed E-state index contributed by atoms with van der Waals surface area (Å²) in [6, 6.07) is 5.90. The average Bonchev–Trinajstić information content (AvgIpc) is 2.88. The van der Waals surface area contributed by atoms with E-state index in [2.05, 4.69) is 18.9 Å². The second kappa shape index (κ2) is 6.66. The van der Waals surface area contributed by atoms with Crippen molar-refractivity contribution in [3.63, 3.8) is 0 Å². The number of nitrogen functional groups attached to an aromatic ring is 1. The fourth-order valence-corrected chi connectivity index (χ4v) is 2.33. The third-order valence-corrected chi connectivity index (χ3v) is 3.33. The molecule has 2 rings (SSSR count). The van der Waals surface area contributed by atoms with Crippen LogP contribution in [0.25, 0.3) is 0 Å². The van der Waals surface area contributed by atoms with Gasteiger partial charge in [-0.05, 0) is 25.3 Å². The largest absolute Gasteiger partial charge is 0.493 e. The molecule has 0 radical (unpaired) electrons. The molecule has 1 unspecified atom stereocenters. The first-order valence-corrected chi connectivity index (χ1v) is 7.05. The summed E-state index contributed by atoms with van der Waals surface area (Å²) in [5, 5.41) is 0. The predicted octanol–water partition coefficient (Wildman–Crippen LogP) is 2.67. The van der Waals surface area contributed by atoms with Crippen LogP contribution in [0, 0.1) is 0 Å². The van der Waals surface area contributed by atoms with Gasteiger partial charge in [-0.1, -0.05) is 6.92 Å². The molecule has 1 heterocycles. The molecule has 1 fully saturated rings. The standard InChI is InChI=1S/C15H24N2O2/c1-3-6-18-15-9-12(16)8-13(10-15)17(2)11-14-5-4-7-19-14/h8-10,14H,3-7,11,16H2,1-2H3. The molecule has 1 aliphatic rings. The molecule has 0 amide bonds. The topological polar surface area (TPSA) is 47.7 Å². The molecule has 1 atom stereocenters. The summed E-state index contributed by atoms with van der Waals surface area (Å²) < 4.78 is 11.3. The summed E-state index contributed by atoms with van der Waals surface area (Å²) >= 11 is 0. The van der Waals surface area contributed by atoms with Crippen LogP contribution in [-0.2, 0) is 4.74 Å². The zero-order valence-corrected chi connectivity index (χ0v) is 11.9. The highest BCUT2D eigenvalue weighted by molar-refractivity contribution is 5.60. The highest BCUT2D eigenvalue weighted by Gasteiger charge is 2.18. The normalized spacial score (nSPS) is 18.5. The van der Waals surface area contributed by atoms with Gasteiger partial charge in [-0.2, -0.15) is 0 Å². The highest BCUT2D eigenvalue weighted by atomic mass is 16.5. The maximum atomic E-state index is 5.94. The summed E-state index contributed by atoms with van der Waals surface area (Å²) in [6.07, 6.45) is 3.65. The quantitative estimate of drug-likeness (QED) is 0.802. The molecule has 1 saturated heterocycles. The van der Waals surface area contributed by atoms with Crippen LogP contribution in [0.3, 0.4) is 0 Å². The van der Waals surface area contributed by atoms with Gasteiger partial charge in [-0.15, -0.1) is 0 Å². The van der Waals surface area contributed by atoms with Crippen LogP contribution >= 0.6 is 0 Å². The number of hydrogen-bond acceptors (Lipinski definition) is 4. The number of hydrogen-bond donors (Lipinski definition) is 1. The van der Waals surface area contributed by atoms with Crippen LogP contribution in [0.1, 0.15) is 26.2 Å². The molecular weight excluding hydrogens is 240 g/mol. The van der Waals surface area contributed by atoms with Crippen molar-refractivity contribution >= 4 is 11.4 Å². The molecule has 0 bridgehead atoms. The lowest BCUT2D eigenvalue weighted by Gasteiger charge is -2.23. The number of ether oxygens (including phenoxy) is 2. The van der Waals surface area contributed by atoms with E-state index in [1.165, 1.54) is 6.42 Å². The predicted molar refractivity (Wildman–Crippen MR) is 78.9 cm³/mol. The Labute approximate surface area is 115 Å². The Balaban J connectivity index is 2.02. The summed E-state index contributed by atoms with van der Waals surface area (Å²) in [7, 11) is 2.07. The van der Waals surface area contributed by atoms with E-state index in [0.29, 0.717) is 6.10 Å². The Bertz CT molecular complexity index is 403. The molecule has 0 aliphatic carbocycles. The first kappa shape index (κ1) is 14.0. The van der Waals surface area contributed by atoms with Crippen molar-refractivity contribution in [2.45, 2.75) is 32.3 Å². The molecule has 1 aromatic carbocycles. The smallest absolute Gasteiger partial charge is 0.123 e. The van der Waals surface area contributed by atoms with Gasteiger partial charge in [0.25, 0.3) is 0 Å². The number of nitrogens with zero attached hydrogens (tertiary/aromatic N) is 1. The Morgan fingerprint density at radius 2 is 2.26 bits per heavy atom. The first-order chi connectivity index (χ1) is 9.19. The molecule has 106 valence electrons. The molecule has 0 saturated carbocycles. The summed E-state index contributed by atoms with van der Waals surface area (Å²) in [5.41, 5.74) is 7.76. The van der Waals surface area contributed by atoms with E-state index < -0.39 is 0 Å². The van der Waals surface area contributed by atoms with Crippen molar-refractivity contribution < 1.29 is 9.47 Å². The number of anilines is 2. The average molecular weight is 264 g/mol. The second-order valence-corrected chi connectivity index (χ2v) is 5.12. The zero-order valence-electron chi connectivity index (χ0n) is 11.9. The molecule has 4 heteroatoms. The van der Waals surface area contributed by atoms with Gasteiger partial charge in [0.05, 0.1) is 12.7 Å². The minimum Gasteiger partial charge on any atom is -0.493 e. The van der Waals surface area contributed by atoms with Crippen molar-refractivity contribution in [3.05, 3.63) is 18.2 Å². The minimum atomic E-state index is 0.339. The Morgan fingerprint density at radius 1 is 1.42 bits per heavy atom. The van der Waals surface area contributed by atoms with Gasteiger partial charge in [0.2, 0.25) is 0 Å². The fraction of sp³-hybridized carbons (Fsp3) is 0.600. The number of rotatable bonds is 6. The van der Waals surface area contributed by atoms with E-state index in [0.717, 1.165) is 49.7 Å². The third kappa shape index (κ3) is 4.03. The maximum absolute atomic E-state index is 5.94. The van der Waals surface area contributed by atoms with Gasteiger partial charge in [-0.25, -0.2) is 0 Å². The van der Waals surface area contributed by atoms with Crippen LogP contribution in [0.2, 0.25) is 0 Å². The van der Waals surface area contributed by atoms with Gasteiger partial charge in [0.1, 0.15) is 5.75 Å². The van der Waals surface area contributed by atoms with Crippen LogP contribution < -0.4 is 15.4 Å². The van der Waals surface area contributed by atoms with Crippen molar-refractivity contribution in [2.75, 3.05) is 37.4 Å². The molecule has 1 aromatic rings. The molecule has 0 spiro atoms. The van der Waals surface area contributed by atoms with Crippen LogP contribution in [0.15, 0.2) is 18.2 Å². The lowest BCUT2D eigenvalue weighted by Crippen LogP contribution is -2.28. The van der Waals surface area contributed by atoms with E-state index >= 15 is 0 Å². The molecule has 0 aromatic heterocycles. The Hall–Kier alpha value is -1.42. The molecule has 1 aliphatic heterocycles. The van der Waals surface area contributed by atoms with E-state index in [1.807, 2.05) is 18.2 Å². The van der Waals surface area contributed by atoms with Gasteiger partial charge >= 0.3 is 0 Å². The Kier molecular flexibility index (Phi) is 4.91. The van der Waals surface area contributed by atoms with E-state index in [1.54, 1.807) is 0 Å². The lowest BCUT2D eigenvalue weighted by atomic mass is 10.2. The number of likely N-dealkylation sites (N-methyl/N-ethyl adjacent to an activating group) is 1. The van der Waals surface area contributed by atoms with E-state index in [9.17, 15) is 0 Å². The van der Waals surface area contributed by atoms with E-state index in [4.69, 9.17) is 15.2 Å². The van der Waals surface area contributed by atoms with Gasteiger partial charge in [-0.3, -0.25) is 0 Å². The fourth-order valence-electron chi connectivity index (χ4n) is 2.33. The number of benzene rings is 1. The zero-order chi connectivity index (χ0) is 13.7. The van der Waals surface area contributed by atoms with Gasteiger partial charge in [0.15, 0.2) is 0 Å². The maximum Gasteiger partial charge on any atom is 0.123 e. The van der Waals surface area contributed by atoms with Crippen LogP contribution in [0.5, 0.6) is 5.75 Å². The second-order valence-electron chi connectivity index (χ2n) is 5.12. The molecule has 4 nitrogen and oxygen atoms in total. The monoisotopic (exact) mass is 264 g/mol. The SMILES string of the molecule is CCCOc1cc(N)cc(N(C)CC2CCCO2)c1. The summed E-state index contributed by atoms with van der Waals surface area (Å²) in [6.45, 7) is 4.60. The van der Waals surface area contributed by atoms with Crippen LogP contribution in [0.4, 0.5) is 11.4 Å². The minimum absolute atomic E-state index is 0.339. The Morgan fingerprint density at radius 3 is 2.95 bits per heavy atom. The van der Waals surface area contributed by atoms with Crippen molar-refractivity contribution in [1.29, 1.82) is 0 Å².